The highest BCUT2D eigenvalue weighted by molar-refractivity contribution is 5.19. The molecular formula is C15H24FNO2. The Bertz CT molecular complexity index is 390. The van der Waals surface area contributed by atoms with Gasteiger partial charge in [-0.2, -0.15) is 0 Å². The van der Waals surface area contributed by atoms with E-state index in [4.69, 9.17) is 5.11 Å². The lowest BCUT2D eigenvalue weighted by Crippen LogP contribution is -2.37. The molecular weight excluding hydrogens is 245 g/mol. The fraction of sp³-hybridized carbons (Fsp3) is 0.600. The summed E-state index contributed by atoms with van der Waals surface area (Å²) in [5.41, 5.74) is 0.647. The van der Waals surface area contributed by atoms with Crippen LogP contribution in [0, 0.1) is 11.2 Å². The standard InChI is InChI=1S/C15H24FNO2/c1-15(2,3)11-17(7-8-18)10-14(19)12-5-4-6-13(16)9-12/h4-6,9,14,18-19H,7-8,10-11H2,1-3H3/t14-/m0/s1. The lowest BCUT2D eigenvalue weighted by molar-refractivity contribution is 0.0789. The molecule has 0 spiro atoms. The molecule has 0 aliphatic heterocycles. The Morgan fingerprint density at radius 1 is 1.32 bits per heavy atom. The molecule has 19 heavy (non-hydrogen) atoms. The van der Waals surface area contributed by atoms with Crippen molar-refractivity contribution in [2.45, 2.75) is 26.9 Å². The average Bonchev–Trinajstić information content (AvgIpc) is 2.27. The summed E-state index contributed by atoms with van der Waals surface area (Å²) >= 11 is 0. The van der Waals surface area contributed by atoms with Gasteiger partial charge in [-0.3, -0.25) is 4.90 Å². The quantitative estimate of drug-likeness (QED) is 0.832. The molecule has 0 saturated heterocycles. The first-order chi connectivity index (χ1) is 8.81. The highest BCUT2D eigenvalue weighted by Gasteiger charge is 2.19. The summed E-state index contributed by atoms with van der Waals surface area (Å²) in [5.74, 6) is -0.346. The molecule has 108 valence electrons. The van der Waals surface area contributed by atoms with E-state index in [1.165, 1.54) is 12.1 Å². The highest BCUT2D eigenvalue weighted by Crippen LogP contribution is 2.19. The Labute approximate surface area is 114 Å². The van der Waals surface area contributed by atoms with Gasteiger partial charge >= 0.3 is 0 Å². The molecule has 1 atom stereocenters. The van der Waals surface area contributed by atoms with Crippen molar-refractivity contribution in [1.29, 1.82) is 0 Å². The lowest BCUT2D eigenvalue weighted by Gasteiger charge is -2.31. The van der Waals surface area contributed by atoms with Gasteiger partial charge in [-0.1, -0.05) is 32.9 Å². The van der Waals surface area contributed by atoms with Crippen LogP contribution >= 0.6 is 0 Å². The summed E-state index contributed by atoms with van der Waals surface area (Å²) in [4.78, 5) is 2.00. The summed E-state index contributed by atoms with van der Waals surface area (Å²) in [6.45, 7) is 8.01. The maximum atomic E-state index is 13.1. The minimum atomic E-state index is -0.746. The van der Waals surface area contributed by atoms with Crippen LogP contribution in [0.5, 0.6) is 0 Å². The molecule has 0 unspecified atom stereocenters. The number of halogens is 1. The Hall–Kier alpha value is -0.970. The smallest absolute Gasteiger partial charge is 0.123 e. The largest absolute Gasteiger partial charge is 0.395 e. The average molecular weight is 269 g/mol. The SMILES string of the molecule is CC(C)(C)CN(CCO)C[C@H](O)c1cccc(F)c1. The second-order valence-electron chi connectivity index (χ2n) is 6.09. The Morgan fingerprint density at radius 3 is 2.53 bits per heavy atom. The summed E-state index contributed by atoms with van der Waals surface area (Å²) in [6.07, 6.45) is -0.746. The molecule has 0 aliphatic rings. The van der Waals surface area contributed by atoms with Crippen LogP contribution < -0.4 is 0 Å². The van der Waals surface area contributed by atoms with E-state index in [0.717, 1.165) is 6.54 Å². The minimum absolute atomic E-state index is 0.0476. The van der Waals surface area contributed by atoms with Gasteiger partial charge in [0, 0.05) is 19.6 Å². The number of hydrogen-bond acceptors (Lipinski definition) is 3. The molecule has 4 heteroatoms. The van der Waals surface area contributed by atoms with Gasteiger partial charge < -0.3 is 10.2 Å². The van der Waals surface area contributed by atoms with Crippen LogP contribution in [-0.2, 0) is 0 Å². The molecule has 0 aromatic heterocycles. The second kappa shape index (κ2) is 6.98. The zero-order valence-corrected chi connectivity index (χ0v) is 11.9. The fourth-order valence-corrected chi connectivity index (χ4v) is 2.11. The maximum Gasteiger partial charge on any atom is 0.123 e. The Morgan fingerprint density at radius 2 is 2.00 bits per heavy atom. The van der Waals surface area contributed by atoms with Gasteiger partial charge in [0.15, 0.2) is 0 Å². The third kappa shape index (κ3) is 6.14. The van der Waals surface area contributed by atoms with Crippen LogP contribution in [0.1, 0.15) is 32.4 Å². The molecule has 0 bridgehead atoms. The molecule has 0 aliphatic carbocycles. The molecule has 0 radical (unpaired) electrons. The number of hydrogen-bond donors (Lipinski definition) is 2. The minimum Gasteiger partial charge on any atom is -0.395 e. The normalized spacial score (nSPS) is 13.8. The van der Waals surface area contributed by atoms with Crippen LogP contribution in [0.25, 0.3) is 0 Å². The van der Waals surface area contributed by atoms with Crippen LogP contribution in [0.15, 0.2) is 24.3 Å². The van der Waals surface area contributed by atoms with Gasteiger partial charge in [-0.05, 0) is 23.1 Å². The van der Waals surface area contributed by atoms with Crippen molar-refractivity contribution >= 4 is 0 Å². The summed E-state index contributed by atoms with van der Waals surface area (Å²) in [6, 6.07) is 6.01. The van der Waals surface area contributed by atoms with Gasteiger partial charge in [0.25, 0.3) is 0 Å². The van der Waals surface area contributed by atoms with Gasteiger partial charge in [0.1, 0.15) is 5.82 Å². The highest BCUT2D eigenvalue weighted by atomic mass is 19.1. The summed E-state index contributed by atoms with van der Waals surface area (Å²) in [7, 11) is 0. The van der Waals surface area contributed by atoms with Crippen LogP contribution in [0.2, 0.25) is 0 Å². The number of aliphatic hydroxyl groups is 2. The van der Waals surface area contributed by atoms with Gasteiger partial charge in [-0.25, -0.2) is 4.39 Å². The third-order valence-corrected chi connectivity index (χ3v) is 2.78. The zero-order valence-electron chi connectivity index (χ0n) is 11.9. The van der Waals surface area contributed by atoms with Crippen molar-refractivity contribution in [3.05, 3.63) is 35.6 Å². The van der Waals surface area contributed by atoms with E-state index in [9.17, 15) is 9.50 Å². The molecule has 0 amide bonds. The van der Waals surface area contributed by atoms with Gasteiger partial charge in [-0.15, -0.1) is 0 Å². The second-order valence-corrected chi connectivity index (χ2v) is 6.09. The Balaban J connectivity index is 2.68. The predicted octanol–water partition coefficient (Wildman–Crippen LogP) is 2.20. The summed E-state index contributed by atoms with van der Waals surface area (Å²) < 4.78 is 13.1. The van der Waals surface area contributed by atoms with Crippen molar-refractivity contribution in [2.75, 3.05) is 26.2 Å². The molecule has 0 saturated carbocycles. The van der Waals surface area contributed by atoms with Crippen molar-refractivity contribution < 1.29 is 14.6 Å². The number of benzene rings is 1. The van der Waals surface area contributed by atoms with E-state index in [1.807, 2.05) is 4.90 Å². The van der Waals surface area contributed by atoms with Gasteiger partial charge in [0.05, 0.1) is 12.7 Å². The van der Waals surface area contributed by atoms with Crippen LogP contribution in [-0.4, -0.2) is 41.4 Å². The van der Waals surface area contributed by atoms with Crippen molar-refractivity contribution in [1.82, 2.24) is 4.90 Å². The number of nitrogens with zero attached hydrogens (tertiary/aromatic N) is 1. The molecule has 1 rings (SSSR count). The first-order valence-corrected chi connectivity index (χ1v) is 6.58. The van der Waals surface area contributed by atoms with Gasteiger partial charge in [0.2, 0.25) is 0 Å². The van der Waals surface area contributed by atoms with E-state index >= 15 is 0 Å². The molecule has 1 aromatic carbocycles. The fourth-order valence-electron chi connectivity index (χ4n) is 2.11. The molecule has 0 heterocycles. The van der Waals surface area contributed by atoms with Crippen molar-refractivity contribution in [3.8, 4) is 0 Å². The van der Waals surface area contributed by atoms with Crippen LogP contribution in [0.3, 0.4) is 0 Å². The maximum absolute atomic E-state index is 13.1. The van der Waals surface area contributed by atoms with Crippen molar-refractivity contribution in [3.63, 3.8) is 0 Å². The number of rotatable bonds is 6. The molecule has 3 nitrogen and oxygen atoms in total. The Kier molecular flexibility index (Phi) is 5.91. The predicted molar refractivity (Wildman–Crippen MR) is 74.3 cm³/mol. The molecule has 2 N–H and O–H groups in total. The lowest BCUT2D eigenvalue weighted by atomic mass is 9.95. The van der Waals surface area contributed by atoms with E-state index < -0.39 is 6.10 Å². The first-order valence-electron chi connectivity index (χ1n) is 6.58. The first kappa shape index (κ1) is 16.1. The van der Waals surface area contributed by atoms with E-state index in [0.29, 0.717) is 18.7 Å². The summed E-state index contributed by atoms with van der Waals surface area (Å²) in [5, 5.41) is 19.2. The van der Waals surface area contributed by atoms with Crippen molar-refractivity contribution in [2.24, 2.45) is 5.41 Å². The topological polar surface area (TPSA) is 43.7 Å². The van der Waals surface area contributed by atoms with Crippen LogP contribution in [0.4, 0.5) is 4.39 Å². The monoisotopic (exact) mass is 269 g/mol. The molecule has 1 aromatic rings. The number of aliphatic hydroxyl groups excluding tert-OH is 2. The van der Waals surface area contributed by atoms with E-state index in [-0.39, 0.29) is 17.8 Å². The van der Waals surface area contributed by atoms with E-state index in [1.54, 1.807) is 12.1 Å². The zero-order chi connectivity index (χ0) is 14.5. The third-order valence-electron chi connectivity index (χ3n) is 2.78. The molecule has 0 fully saturated rings. The van der Waals surface area contributed by atoms with E-state index in [2.05, 4.69) is 20.8 Å².